The predicted molar refractivity (Wildman–Crippen MR) is 149 cm³/mol. The van der Waals surface area contributed by atoms with Gasteiger partial charge in [-0.2, -0.15) is 0 Å². The molecule has 0 heterocycles. The molecule has 0 rings (SSSR count). The molecule has 0 aliphatic heterocycles. The largest absolute Gasteiger partial charge is 0.463 e. The van der Waals surface area contributed by atoms with Gasteiger partial charge in [0.05, 0.1) is 39.6 Å². The van der Waals surface area contributed by atoms with Gasteiger partial charge in [0, 0.05) is 12.0 Å². The molecule has 0 aromatic rings. The fourth-order valence-electron chi connectivity index (χ4n) is 3.79. The van der Waals surface area contributed by atoms with Crippen LogP contribution in [-0.4, -0.2) is 64.8 Å². The molecule has 0 aromatic carbocycles. The third-order valence-electron chi connectivity index (χ3n) is 6.03. The van der Waals surface area contributed by atoms with Crippen LogP contribution >= 0.6 is 0 Å². The van der Waals surface area contributed by atoms with Gasteiger partial charge in [-0.3, -0.25) is 4.79 Å². The number of unbranched alkanes of at least 4 members (excludes halogenated alkanes) is 14. The van der Waals surface area contributed by atoms with Crippen molar-refractivity contribution in [3.05, 3.63) is 12.2 Å². The van der Waals surface area contributed by atoms with E-state index in [2.05, 4.69) is 13.5 Å². The lowest BCUT2D eigenvalue weighted by molar-refractivity contribution is -0.145. The summed E-state index contributed by atoms with van der Waals surface area (Å²) in [5.41, 5.74) is 0.373. The van der Waals surface area contributed by atoms with Gasteiger partial charge in [0.1, 0.15) is 13.2 Å². The number of carbonyl (C=O) groups is 2. The zero-order valence-electron chi connectivity index (χ0n) is 24.0. The molecule has 0 atom stereocenters. The maximum absolute atomic E-state index is 11.8. The smallest absolute Gasteiger partial charge is 0.333 e. The van der Waals surface area contributed by atoms with Crippen LogP contribution in [0.25, 0.3) is 0 Å². The van der Waals surface area contributed by atoms with Crippen LogP contribution in [0.15, 0.2) is 12.2 Å². The van der Waals surface area contributed by atoms with E-state index in [9.17, 15) is 9.59 Å². The summed E-state index contributed by atoms with van der Waals surface area (Å²) in [5.74, 6) is -0.548. The molecule has 37 heavy (non-hydrogen) atoms. The zero-order chi connectivity index (χ0) is 27.2. The van der Waals surface area contributed by atoms with Gasteiger partial charge in [0.2, 0.25) is 0 Å². The summed E-state index contributed by atoms with van der Waals surface area (Å²) in [5, 5.41) is 0. The van der Waals surface area contributed by atoms with E-state index >= 15 is 0 Å². The fourth-order valence-corrected chi connectivity index (χ4v) is 3.79. The summed E-state index contributed by atoms with van der Waals surface area (Å²) in [7, 11) is 0. The SMILES string of the molecule is C=C(C)C(=O)OCCOCCOCCOCCOC(=O)CCCCCCCCCCCCCCCCC. The van der Waals surface area contributed by atoms with Gasteiger partial charge in [0.25, 0.3) is 0 Å². The summed E-state index contributed by atoms with van der Waals surface area (Å²) in [4.78, 5) is 23.0. The molecule has 7 nitrogen and oxygen atoms in total. The summed E-state index contributed by atoms with van der Waals surface area (Å²) in [6, 6.07) is 0. The summed E-state index contributed by atoms with van der Waals surface area (Å²) in [6.07, 6.45) is 20.2. The number of rotatable bonds is 29. The second-order valence-electron chi connectivity index (χ2n) is 9.67. The molecule has 7 heteroatoms. The Morgan fingerprint density at radius 2 is 0.865 bits per heavy atom. The molecular formula is C30H56O7. The molecule has 0 spiro atoms. The van der Waals surface area contributed by atoms with Gasteiger partial charge in [-0.15, -0.1) is 0 Å². The van der Waals surface area contributed by atoms with Crippen molar-refractivity contribution in [2.75, 3.05) is 52.9 Å². The van der Waals surface area contributed by atoms with Gasteiger partial charge in [0.15, 0.2) is 0 Å². The van der Waals surface area contributed by atoms with Crippen LogP contribution < -0.4 is 0 Å². The Morgan fingerprint density at radius 3 is 1.27 bits per heavy atom. The normalized spacial score (nSPS) is 11.0. The molecule has 0 saturated carbocycles. The van der Waals surface area contributed by atoms with Gasteiger partial charge in [-0.05, 0) is 13.3 Å². The van der Waals surface area contributed by atoms with Crippen LogP contribution in [-0.2, 0) is 33.3 Å². The zero-order valence-corrected chi connectivity index (χ0v) is 24.0. The first-order valence-corrected chi connectivity index (χ1v) is 14.8. The van der Waals surface area contributed by atoms with E-state index in [1.54, 1.807) is 6.92 Å². The maximum atomic E-state index is 11.8. The molecule has 0 amide bonds. The maximum Gasteiger partial charge on any atom is 0.333 e. The minimum atomic E-state index is -0.410. The van der Waals surface area contributed by atoms with Crippen LogP contribution in [0, 0.1) is 0 Å². The lowest BCUT2D eigenvalue weighted by Gasteiger charge is -2.08. The standard InChI is InChI=1S/C30H56O7/c1-4-5-6-7-8-9-10-11-12-13-14-15-16-17-18-19-29(31)36-26-24-34-22-20-33-21-23-35-25-27-37-30(32)28(2)3/h2,4-27H2,1,3H3. The Bertz CT molecular complexity index is 536. The van der Waals surface area contributed by atoms with Crippen molar-refractivity contribution in [2.45, 2.75) is 117 Å². The van der Waals surface area contributed by atoms with Gasteiger partial charge >= 0.3 is 11.9 Å². The highest BCUT2D eigenvalue weighted by Gasteiger charge is 2.03. The van der Waals surface area contributed by atoms with Crippen molar-refractivity contribution in [1.29, 1.82) is 0 Å². The minimum Gasteiger partial charge on any atom is -0.463 e. The van der Waals surface area contributed by atoms with Crippen molar-refractivity contribution in [3.8, 4) is 0 Å². The molecular weight excluding hydrogens is 472 g/mol. The monoisotopic (exact) mass is 528 g/mol. The summed E-state index contributed by atoms with van der Waals surface area (Å²) >= 11 is 0. The van der Waals surface area contributed by atoms with E-state index in [-0.39, 0.29) is 19.2 Å². The summed E-state index contributed by atoms with van der Waals surface area (Å²) in [6.45, 7) is 10.3. The number of ether oxygens (including phenoxy) is 5. The molecule has 0 N–H and O–H groups in total. The molecule has 0 aliphatic carbocycles. The average Bonchev–Trinajstić information content (AvgIpc) is 2.88. The van der Waals surface area contributed by atoms with E-state index in [0.29, 0.717) is 51.6 Å². The van der Waals surface area contributed by atoms with Crippen LogP contribution in [0.1, 0.15) is 117 Å². The lowest BCUT2D eigenvalue weighted by atomic mass is 10.0. The number of hydrogen-bond donors (Lipinski definition) is 0. The Balaban J connectivity index is 3.19. The van der Waals surface area contributed by atoms with Crippen molar-refractivity contribution >= 4 is 11.9 Å². The predicted octanol–water partition coefficient (Wildman–Crippen LogP) is 6.96. The topological polar surface area (TPSA) is 80.3 Å². The molecule has 0 aromatic heterocycles. The first-order chi connectivity index (χ1) is 18.1. The van der Waals surface area contributed by atoms with Crippen molar-refractivity contribution in [3.63, 3.8) is 0 Å². The van der Waals surface area contributed by atoms with E-state index in [1.165, 1.54) is 83.5 Å². The molecule has 0 radical (unpaired) electrons. The molecule has 0 bridgehead atoms. The van der Waals surface area contributed by atoms with E-state index in [4.69, 9.17) is 23.7 Å². The third kappa shape index (κ3) is 29.0. The van der Waals surface area contributed by atoms with Crippen LogP contribution in [0.4, 0.5) is 0 Å². The fraction of sp³-hybridized carbons (Fsp3) is 0.867. The highest BCUT2D eigenvalue weighted by atomic mass is 16.6. The molecule has 218 valence electrons. The number of esters is 2. The van der Waals surface area contributed by atoms with Crippen LogP contribution in [0.2, 0.25) is 0 Å². The van der Waals surface area contributed by atoms with Crippen molar-refractivity contribution in [1.82, 2.24) is 0 Å². The molecule has 0 aliphatic rings. The molecule has 0 fully saturated rings. The van der Waals surface area contributed by atoms with Crippen molar-refractivity contribution in [2.24, 2.45) is 0 Å². The second kappa shape index (κ2) is 29.1. The van der Waals surface area contributed by atoms with E-state index in [1.807, 2.05) is 0 Å². The quantitative estimate of drug-likeness (QED) is 0.0590. The van der Waals surface area contributed by atoms with Crippen LogP contribution in [0.3, 0.4) is 0 Å². The first kappa shape index (κ1) is 35.6. The Kier molecular flexibility index (Phi) is 28.0. The Labute approximate surface area is 227 Å². The minimum absolute atomic E-state index is 0.138. The molecule has 0 unspecified atom stereocenters. The highest BCUT2D eigenvalue weighted by molar-refractivity contribution is 5.86. The number of carbonyl (C=O) groups excluding carboxylic acids is 2. The second-order valence-corrected chi connectivity index (χ2v) is 9.67. The van der Waals surface area contributed by atoms with E-state index < -0.39 is 5.97 Å². The van der Waals surface area contributed by atoms with Crippen molar-refractivity contribution < 1.29 is 33.3 Å². The van der Waals surface area contributed by atoms with Gasteiger partial charge < -0.3 is 23.7 Å². The molecule has 0 saturated heterocycles. The van der Waals surface area contributed by atoms with Crippen LogP contribution in [0.5, 0.6) is 0 Å². The summed E-state index contributed by atoms with van der Waals surface area (Å²) < 4.78 is 26.2. The number of hydrogen-bond acceptors (Lipinski definition) is 7. The lowest BCUT2D eigenvalue weighted by Crippen LogP contribution is -2.15. The Hall–Kier alpha value is -1.44. The highest BCUT2D eigenvalue weighted by Crippen LogP contribution is 2.13. The van der Waals surface area contributed by atoms with Gasteiger partial charge in [-0.1, -0.05) is 103 Å². The van der Waals surface area contributed by atoms with Gasteiger partial charge in [-0.25, -0.2) is 4.79 Å². The Morgan fingerprint density at radius 1 is 0.514 bits per heavy atom. The third-order valence-corrected chi connectivity index (χ3v) is 6.03. The first-order valence-electron chi connectivity index (χ1n) is 14.8. The average molecular weight is 529 g/mol. The van der Waals surface area contributed by atoms with E-state index in [0.717, 1.165) is 12.8 Å².